The predicted octanol–water partition coefficient (Wildman–Crippen LogP) is 0.103. The van der Waals surface area contributed by atoms with E-state index in [0.29, 0.717) is 11.5 Å². The number of aliphatic carboxylic acids is 1. The van der Waals surface area contributed by atoms with E-state index < -0.39 is 17.4 Å². The van der Waals surface area contributed by atoms with Crippen molar-refractivity contribution in [3.05, 3.63) is 11.3 Å². The number of carbonyl (C=O) groups is 2. The van der Waals surface area contributed by atoms with Crippen molar-refractivity contribution in [2.75, 3.05) is 5.32 Å². The second kappa shape index (κ2) is 4.08. The van der Waals surface area contributed by atoms with Crippen LogP contribution in [0.5, 0.6) is 0 Å². The number of rotatable bonds is 4. The van der Waals surface area contributed by atoms with E-state index in [4.69, 9.17) is 10.8 Å². The fraction of sp³-hybridized carbons (Fsp3) is 0.500. The van der Waals surface area contributed by atoms with Gasteiger partial charge in [-0.05, 0) is 20.8 Å². The van der Waals surface area contributed by atoms with E-state index in [1.807, 2.05) is 0 Å². The normalized spacial score (nSPS) is 11.3. The third kappa shape index (κ3) is 2.38. The largest absolute Gasteiger partial charge is 0.480 e. The molecule has 0 saturated carbocycles. The first-order valence-electron chi connectivity index (χ1n) is 5.01. The SMILES string of the molecule is Cc1nn(C)c(NC(C)(C)C(=O)O)c1C(N)=O. The maximum Gasteiger partial charge on any atom is 0.328 e. The molecule has 1 amide bonds. The van der Waals surface area contributed by atoms with Gasteiger partial charge in [0.1, 0.15) is 16.9 Å². The zero-order chi connectivity index (χ0) is 13.4. The first-order chi connectivity index (χ1) is 7.66. The summed E-state index contributed by atoms with van der Waals surface area (Å²) in [6.07, 6.45) is 0. The lowest BCUT2D eigenvalue weighted by atomic mass is 10.1. The third-order valence-electron chi connectivity index (χ3n) is 2.43. The minimum Gasteiger partial charge on any atom is -0.480 e. The number of nitrogens with zero attached hydrogens (tertiary/aromatic N) is 2. The summed E-state index contributed by atoms with van der Waals surface area (Å²) in [7, 11) is 1.61. The van der Waals surface area contributed by atoms with Gasteiger partial charge in [-0.1, -0.05) is 0 Å². The predicted molar refractivity (Wildman–Crippen MR) is 61.8 cm³/mol. The fourth-order valence-corrected chi connectivity index (χ4v) is 1.45. The molecular formula is C10H16N4O3. The highest BCUT2D eigenvalue weighted by Gasteiger charge is 2.30. The number of nitrogens with two attached hydrogens (primary N) is 1. The maximum atomic E-state index is 11.3. The molecule has 0 aromatic carbocycles. The number of carboxylic acids is 1. The molecule has 7 heteroatoms. The van der Waals surface area contributed by atoms with Crippen molar-refractivity contribution in [3.8, 4) is 0 Å². The molecule has 0 radical (unpaired) electrons. The number of hydrogen-bond acceptors (Lipinski definition) is 4. The van der Waals surface area contributed by atoms with Crippen LogP contribution in [0.4, 0.5) is 5.82 Å². The number of amides is 1. The molecule has 0 aliphatic heterocycles. The van der Waals surface area contributed by atoms with Crippen molar-refractivity contribution in [1.29, 1.82) is 0 Å². The number of nitrogens with one attached hydrogen (secondary N) is 1. The quantitative estimate of drug-likeness (QED) is 0.691. The van der Waals surface area contributed by atoms with Crippen LogP contribution >= 0.6 is 0 Å². The van der Waals surface area contributed by atoms with Gasteiger partial charge in [-0.3, -0.25) is 9.48 Å². The Morgan fingerprint density at radius 1 is 1.47 bits per heavy atom. The molecular weight excluding hydrogens is 224 g/mol. The topological polar surface area (TPSA) is 110 Å². The van der Waals surface area contributed by atoms with Gasteiger partial charge in [-0.15, -0.1) is 0 Å². The Hall–Kier alpha value is -2.05. The highest BCUT2D eigenvalue weighted by molar-refractivity contribution is 5.99. The van der Waals surface area contributed by atoms with Crippen LogP contribution in [0.1, 0.15) is 29.9 Å². The maximum absolute atomic E-state index is 11.3. The molecule has 0 atom stereocenters. The summed E-state index contributed by atoms with van der Waals surface area (Å²) in [4.78, 5) is 22.3. The van der Waals surface area contributed by atoms with Gasteiger partial charge >= 0.3 is 5.97 Å². The van der Waals surface area contributed by atoms with Crippen LogP contribution < -0.4 is 11.1 Å². The van der Waals surface area contributed by atoms with Gasteiger partial charge in [-0.2, -0.15) is 5.10 Å². The standard InChI is InChI=1S/C10H16N4O3/c1-5-6(7(11)15)8(14(4)13-5)12-10(2,3)9(16)17/h12H,1-4H3,(H2,11,15)(H,16,17). The first kappa shape index (κ1) is 13.0. The van der Waals surface area contributed by atoms with Gasteiger partial charge < -0.3 is 16.2 Å². The zero-order valence-electron chi connectivity index (χ0n) is 10.2. The third-order valence-corrected chi connectivity index (χ3v) is 2.43. The summed E-state index contributed by atoms with van der Waals surface area (Å²) >= 11 is 0. The summed E-state index contributed by atoms with van der Waals surface area (Å²) in [6, 6.07) is 0. The summed E-state index contributed by atoms with van der Waals surface area (Å²) in [6.45, 7) is 4.62. The molecule has 1 rings (SSSR count). The molecule has 1 aromatic rings. The van der Waals surface area contributed by atoms with Gasteiger partial charge in [0.15, 0.2) is 0 Å². The minimum atomic E-state index is -1.22. The first-order valence-corrected chi connectivity index (χ1v) is 5.01. The van der Waals surface area contributed by atoms with Crippen LogP contribution in [0.2, 0.25) is 0 Å². The van der Waals surface area contributed by atoms with Crippen molar-refractivity contribution >= 4 is 17.7 Å². The lowest BCUT2D eigenvalue weighted by Crippen LogP contribution is -2.41. The van der Waals surface area contributed by atoms with Crippen molar-refractivity contribution in [2.45, 2.75) is 26.3 Å². The van der Waals surface area contributed by atoms with E-state index in [1.54, 1.807) is 14.0 Å². The van der Waals surface area contributed by atoms with Gasteiger partial charge in [0, 0.05) is 7.05 Å². The lowest BCUT2D eigenvalue weighted by Gasteiger charge is -2.22. The Kier molecular flexibility index (Phi) is 3.12. The Balaban J connectivity index is 3.23. The Morgan fingerprint density at radius 2 is 2.00 bits per heavy atom. The molecule has 17 heavy (non-hydrogen) atoms. The second-order valence-corrected chi connectivity index (χ2v) is 4.35. The van der Waals surface area contributed by atoms with Crippen LogP contribution in [0.15, 0.2) is 0 Å². The Labute approximate surface area is 98.6 Å². The molecule has 0 aliphatic rings. The number of hydrogen-bond donors (Lipinski definition) is 3. The molecule has 0 saturated heterocycles. The highest BCUT2D eigenvalue weighted by atomic mass is 16.4. The van der Waals surface area contributed by atoms with Crippen LogP contribution in [0.25, 0.3) is 0 Å². The summed E-state index contributed by atoms with van der Waals surface area (Å²) in [5.74, 6) is -1.37. The number of aromatic nitrogens is 2. The van der Waals surface area contributed by atoms with E-state index >= 15 is 0 Å². The lowest BCUT2D eigenvalue weighted by molar-refractivity contribution is -0.141. The van der Waals surface area contributed by atoms with Crippen molar-refractivity contribution in [3.63, 3.8) is 0 Å². The summed E-state index contributed by atoms with van der Waals surface area (Å²) < 4.78 is 1.40. The van der Waals surface area contributed by atoms with Crippen molar-refractivity contribution in [1.82, 2.24) is 9.78 Å². The second-order valence-electron chi connectivity index (χ2n) is 4.35. The molecule has 0 bridgehead atoms. The molecule has 0 spiro atoms. The Morgan fingerprint density at radius 3 is 2.41 bits per heavy atom. The van der Waals surface area contributed by atoms with E-state index in [0.717, 1.165) is 0 Å². The van der Waals surface area contributed by atoms with Crippen LogP contribution in [0.3, 0.4) is 0 Å². The zero-order valence-corrected chi connectivity index (χ0v) is 10.2. The average molecular weight is 240 g/mol. The molecule has 0 unspecified atom stereocenters. The van der Waals surface area contributed by atoms with Gasteiger partial charge in [0.25, 0.3) is 5.91 Å². The summed E-state index contributed by atoms with van der Waals surface area (Å²) in [5.41, 5.74) is 4.70. The number of aryl methyl sites for hydroxylation is 2. The molecule has 1 heterocycles. The number of anilines is 1. The fourth-order valence-electron chi connectivity index (χ4n) is 1.45. The molecule has 0 aliphatic carbocycles. The van der Waals surface area contributed by atoms with E-state index in [1.165, 1.54) is 18.5 Å². The van der Waals surface area contributed by atoms with E-state index in [-0.39, 0.29) is 5.56 Å². The van der Waals surface area contributed by atoms with Gasteiger partial charge in [0.05, 0.1) is 5.69 Å². The monoisotopic (exact) mass is 240 g/mol. The average Bonchev–Trinajstić information content (AvgIpc) is 2.40. The number of primary amides is 1. The van der Waals surface area contributed by atoms with E-state index in [2.05, 4.69) is 10.4 Å². The molecule has 94 valence electrons. The number of carboxylic acid groups (broad SMARTS) is 1. The van der Waals surface area contributed by atoms with Gasteiger partial charge in [-0.25, -0.2) is 4.79 Å². The van der Waals surface area contributed by atoms with Crippen molar-refractivity contribution < 1.29 is 14.7 Å². The molecule has 1 aromatic heterocycles. The van der Waals surface area contributed by atoms with Crippen LogP contribution in [-0.4, -0.2) is 32.3 Å². The van der Waals surface area contributed by atoms with E-state index in [9.17, 15) is 9.59 Å². The molecule has 0 fully saturated rings. The van der Waals surface area contributed by atoms with Gasteiger partial charge in [0.2, 0.25) is 0 Å². The summed E-state index contributed by atoms with van der Waals surface area (Å²) in [5, 5.41) is 15.8. The van der Waals surface area contributed by atoms with Crippen LogP contribution in [-0.2, 0) is 11.8 Å². The molecule has 7 nitrogen and oxygen atoms in total. The minimum absolute atomic E-state index is 0.210. The number of carbonyl (C=O) groups excluding carboxylic acids is 1. The van der Waals surface area contributed by atoms with Crippen LogP contribution in [0, 0.1) is 6.92 Å². The van der Waals surface area contributed by atoms with Crippen molar-refractivity contribution in [2.24, 2.45) is 12.8 Å². The molecule has 4 N–H and O–H groups in total. The smallest absolute Gasteiger partial charge is 0.328 e. The highest BCUT2D eigenvalue weighted by Crippen LogP contribution is 2.22. The Bertz CT molecular complexity index is 476.